The lowest BCUT2D eigenvalue weighted by Gasteiger charge is -2.46. The lowest BCUT2D eigenvalue weighted by Crippen LogP contribution is -2.49. The van der Waals surface area contributed by atoms with Crippen LogP contribution in [0.5, 0.6) is 0 Å². The normalized spacial score (nSPS) is 41.3. The Morgan fingerprint density at radius 2 is 1.61 bits per heavy atom. The lowest BCUT2D eigenvalue weighted by atomic mass is 9.64. The van der Waals surface area contributed by atoms with E-state index in [1.807, 2.05) is 0 Å². The molecule has 0 aromatic carbocycles. The molecule has 0 radical (unpaired) electrons. The Kier molecular flexibility index (Phi) is 8.87. The van der Waals surface area contributed by atoms with Crippen LogP contribution in [0.15, 0.2) is 0 Å². The fourth-order valence-electron chi connectivity index (χ4n) is 6.81. The van der Waals surface area contributed by atoms with Gasteiger partial charge in [-0.3, -0.25) is 0 Å². The molecular formula is C26H48O5. The van der Waals surface area contributed by atoms with E-state index in [1.165, 1.54) is 6.42 Å². The van der Waals surface area contributed by atoms with Crippen LogP contribution >= 0.6 is 0 Å². The molecule has 0 amide bonds. The van der Waals surface area contributed by atoms with Gasteiger partial charge in [0.05, 0.1) is 37.6 Å². The maximum Gasteiger partial charge on any atom is 0.0839 e. The highest BCUT2D eigenvalue weighted by atomic mass is 16.5. The van der Waals surface area contributed by atoms with E-state index in [9.17, 15) is 15.3 Å². The summed E-state index contributed by atoms with van der Waals surface area (Å²) in [4.78, 5) is 0. The molecule has 0 aromatic heterocycles. The zero-order chi connectivity index (χ0) is 22.8. The molecule has 3 unspecified atom stereocenters. The van der Waals surface area contributed by atoms with Crippen LogP contribution in [0.1, 0.15) is 79.6 Å². The minimum absolute atomic E-state index is 0.0207. The second kappa shape index (κ2) is 10.8. The highest BCUT2D eigenvalue weighted by Crippen LogP contribution is 2.45. The van der Waals surface area contributed by atoms with Gasteiger partial charge in [0.25, 0.3) is 0 Å². The Bertz CT molecular complexity index is 550. The van der Waals surface area contributed by atoms with E-state index in [0.29, 0.717) is 31.7 Å². The van der Waals surface area contributed by atoms with Crippen molar-refractivity contribution in [2.75, 3.05) is 19.8 Å². The van der Waals surface area contributed by atoms with E-state index in [0.717, 1.165) is 38.5 Å². The fraction of sp³-hybridized carbons (Fsp3) is 1.00. The summed E-state index contributed by atoms with van der Waals surface area (Å²) in [6, 6.07) is 0. The minimum atomic E-state index is -0.430. The molecule has 5 heteroatoms. The molecule has 182 valence electrons. The first kappa shape index (κ1) is 25.4. The summed E-state index contributed by atoms with van der Waals surface area (Å²) in [7, 11) is 0. The zero-order valence-electron chi connectivity index (χ0n) is 20.5. The van der Waals surface area contributed by atoms with Gasteiger partial charge in [-0.2, -0.15) is 0 Å². The first-order valence-corrected chi connectivity index (χ1v) is 12.8. The van der Waals surface area contributed by atoms with E-state index in [2.05, 4.69) is 34.6 Å². The molecule has 1 aliphatic carbocycles. The molecule has 9 atom stereocenters. The number of aliphatic hydroxyl groups is 3. The Morgan fingerprint density at radius 1 is 0.903 bits per heavy atom. The minimum Gasteiger partial charge on any atom is -0.393 e. The molecule has 31 heavy (non-hydrogen) atoms. The molecule has 1 saturated carbocycles. The van der Waals surface area contributed by atoms with Gasteiger partial charge in [0.2, 0.25) is 0 Å². The molecule has 3 aliphatic rings. The largest absolute Gasteiger partial charge is 0.393 e. The molecule has 2 heterocycles. The third-order valence-electron chi connectivity index (χ3n) is 8.88. The fourth-order valence-corrected chi connectivity index (χ4v) is 6.81. The third-order valence-corrected chi connectivity index (χ3v) is 8.88. The first-order chi connectivity index (χ1) is 14.6. The van der Waals surface area contributed by atoms with Crippen LogP contribution in [0.3, 0.4) is 0 Å². The molecule has 0 spiro atoms. The van der Waals surface area contributed by atoms with E-state index in [-0.39, 0.29) is 41.3 Å². The Morgan fingerprint density at radius 3 is 2.29 bits per heavy atom. The molecule has 0 aromatic rings. The standard InChI is InChI=1S/C26H48O5/c1-16(2)19-10-11-31-23(25(19)29)12-17(3)20-15-30-14-18(24(20)28)13-26(4,5)21-8-6-7-9-22(21)27/h16-25,27-29H,6-15H2,1-5H3/t17?,18?,19-,20-,21+,22+,23?,24+,25-/m1/s1. The maximum absolute atomic E-state index is 11.3. The number of ether oxygens (including phenoxy) is 2. The molecule has 2 saturated heterocycles. The van der Waals surface area contributed by atoms with Crippen molar-refractivity contribution in [1.82, 2.24) is 0 Å². The van der Waals surface area contributed by atoms with Crippen LogP contribution in [0.2, 0.25) is 0 Å². The highest BCUT2D eigenvalue weighted by Gasteiger charge is 2.44. The Balaban J connectivity index is 1.60. The van der Waals surface area contributed by atoms with Crippen molar-refractivity contribution in [1.29, 1.82) is 0 Å². The van der Waals surface area contributed by atoms with Gasteiger partial charge in [0.15, 0.2) is 0 Å². The number of hydrogen-bond acceptors (Lipinski definition) is 5. The Labute approximate surface area is 189 Å². The van der Waals surface area contributed by atoms with Gasteiger partial charge >= 0.3 is 0 Å². The van der Waals surface area contributed by atoms with Crippen molar-refractivity contribution in [3.05, 3.63) is 0 Å². The third kappa shape index (κ3) is 6.03. The molecule has 2 aliphatic heterocycles. The molecule has 5 nitrogen and oxygen atoms in total. The number of aliphatic hydroxyl groups excluding tert-OH is 3. The van der Waals surface area contributed by atoms with E-state index >= 15 is 0 Å². The second-order valence-corrected chi connectivity index (χ2v) is 11.9. The van der Waals surface area contributed by atoms with Crippen molar-refractivity contribution in [3.8, 4) is 0 Å². The van der Waals surface area contributed by atoms with Gasteiger partial charge in [0.1, 0.15) is 0 Å². The smallest absolute Gasteiger partial charge is 0.0839 e. The van der Waals surface area contributed by atoms with Gasteiger partial charge in [0, 0.05) is 18.4 Å². The SMILES string of the molecule is CC(C)[C@H]1CCOC(CC(C)[C@H]2COCC(CC(C)(C)[C@H]3CCCC[C@@H]3O)[C@@H]2O)[C@@H]1O. The molecule has 3 N–H and O–H groups in total. The number of hydrogen-bond donors (Lipinski definition) is 3. The van der Waals surface area contributed by atoms with Crippen LogP contribution in [0, 0.1) is 40.9 Å². The topological polar surface area (TPSA) is 79.2 Å². The van der Waals surface area contributed by atoms with Crippen molar-refractivity contribution >= 4 is 0 Å². The summed E-state index contributed by atoms with van der Waals surface area (Å²) in [5.74, 6) is 1.39. The molecule has 0 bridgehead atoms. The second-order valence-electron chi connectivity index (χ2n) is 11.9. The predicted octanol–water partition coefficient (Wildman–Crippen LogP) is 4.03. The van der Waals surface area contributed by atoms with Gasteiger partial charge in [-0.1, -0.05) is 47.5 Å². The van der Waals surface area contributed by atoms with Crippen LogP contribution in [0.4, 0.5) is 0 Å². The molecule has 3 rings (SSSR count). The Hall–Kier alpha value is -0.200. The predicted molar refractivity (Wildman–Crippen MR) is 123 cm³/mol. The number of rotatable bonds is 7. The summed E-state index contributed by atoms with van der Waals surface area (Å²) >= 11 is 0. The van der Waals surface area contributed by atoms with Crippen molar-refractivity contribution in [2.24, 2.45) is 40.9 Å². The summed E-state index contributed by atoms with van der Waals surface area (Å²) in [5, 5.41) is 32.7. The van der Waals surface area contributed by atoms with Gasteiger partial charge in [-0.25, -0.2) is 0 Å². The van der Waals surface area contributed by atoms with Crippen LogP contribution in [-0.4, -0.2) is 59.6 Å². The van der Waals surface area contributed by atoms with Crippen LogP contribution < -0.4 is 0 Å². The summed E-state index contributed by atoms with van der Waals surface area (Å²) in [6.07, 6.45) is 5.62. The van der Waals surface area contributed by atoms with Gasteiger partial charge < -0.3 is 24.8 Å². The first-order valence-electron chi connectivity index (χ1n) is 12.8. The average Bonchev–Trinajstić information content (AvgIpc) is 2.71. The quantitative estimate of drug-likeness (QED) is 0.557. The summed E-state index contributed by atoms with van der Waals surface area (Å²) < 4.78 is 12.0. The van der Waals surface area contributed by atoms with Crippen molar-refractivity contribution in [3.63, 3.8) is 0 Å². The molecule has 3 fully saturated rings. The summed E-state index contributed by atoms with van der Waals surface area (Å²) in [6.45, 7) is 12.9. The van der Waals surface area contributed by atoms with Crippen LogP contribution in [-0.2, 0) is 9.47 Å². The van der Waals surface area contributed by atoms with E-state index in [4.69, 9.17) is 9.47 Å². The monoisotopic (exact) mass is 440 g/mol. The summed E-state index contributed by atoms with van der Waals surface area (Å²) in [5.41, 5.74) is -0.0207. The zero-order valence-corrected chi connectivity index (χ0v) is 20.5. The van der Waals surface area contributed by atoms with E-state index in [1.54, 1.807) is 0 Å². The lowest BCUT2D eigenvalue weighted by molar-refractivity contribution is -0.143. The maximum atomic E-state index is 11.3. The average molecular weight is 441 g/mol. The van der Waals surface area contributed by atoms with E-state index < -0.39 is 12.2 Å². The van der Waals surface area contributed by atoms with Crippen molar-refractivity contribution < 1.29 is 24.8 Å². The van der Waals surface area contributed by atoms with Gasteiger partial charge in [-0.15, -0.1) is 0 Å². The van der Waals surface area contributed by atoms with Crippen molar-refractivity contribution in [2.45, 2.75) is 104 Å². The molecular weight excluding hydrogens is 392 g/mol. The van der Waals surface area contributed by atoms with Crippen LogP contribution in [0.25, 0.3) is 0 Å². The highest BCUT2D eigenvalue weighted by molar-refractivity contribution is 4.93. The van der Waals surface area contributed by atoms with Gasteiger partial charge in [-0.05, 0) is 61.2 Å².